The topological polar surface area (TPSA) is 60.4 Å². The second kappa shape index (κ2) is 5.36. The second-order valence-electron chi connectivity index (χ2n) is 4.53. The van der Waals surface area contributed by atoms with E-state index in [0.29, 0.717) is 4.67 Å². The first-order chi connectivity index (χ1) is 9.29. The van der Waals surface area contributed by atoms with E-state index in [1.807, 2.05) is 24.3 Å². The first kappa shape index (κ1) is 12.7. The van der Waals surface area contributed by atoms with E-state index in [1.165, 1.54) is 5.56 Å². The minimum atomic E-state index is -0.209. The van der Waals surface area contributed by atoms with Gasteiger partial charge in [-0.1, -0.05) is 18.2 Å². The van der Waals surface area contributed by atoms with Crippen LogP contribution in [0.3, 0.4) is 0 Å². The van der Waals surface area contributed by atoms with Gasteiger partial charge in [0.15, 0.2) is 4.67 Å². The number of hydrogen-bond acceptors (Lipinski definition) is 4. The SMILES string of the molecule is NNC(c1ccc(Br)o1)c1cccc2c1OCCC2. The van der Waals surface area contributed by atoms with E-state index in [0.717, 1.165) is 36.5 Å². The van der Waals surface area contributed by atoms with Crippen LogP contribution >= 0.6 is 15.9 Å². The van der Waals surface area contributed by atoms with Crippen LogP contribution in [0.25, 0.3) is 0 Å². The summed E-state index contributed by atoms with van der Waals surface area (Å²) >= 11 is 3.31. The summed E-state index contributed by atoms with van der Waals surface area (Å²) < 4.78 is 12.1. The van der Waals surface area contributed by atoms with Gasteiger partial charge >= 0.3 is 0 Å². The number of fused-ring (bicyclic) bond motifs is 1. The van der Waals surface area contributed by atoms with Crippen LogP contribution < -0.4 is 16.0 Å². The molecule has 1 aromatic carbocycles. The summed E-state index contributed by atoms with van der Waals surface area (Å²) in [7, 11) is 0. The maximum atomic E-state index is 5.82. The van der Waals surface area contributed by atoms with Crippen LogP contribution in [0.4, 0.5) is 0 Å². The van der Waals surface area contributed by atoms with Gasteiger partial charge in [-0.3, -0.25) is 5.84 Å². The van der Waals surface area contributed by atoms with Gasteiger partial charge in [0, 0.05) is 5.56 Å². The van der Waals surface area contributed by atoms with E-state index in [9.17, 15) is 0 Å². The van der Waals surface area contributed by atoms with Crippen molar-refractivity contribution in [1.29, 1.82) is 0 Å². The molecule has 1 aromatic heterocycles. The third-order valence-electron chi connectivity index (χ3n) is 3.32. The minimum Gasteiger partial charge on any atom is -0.493 e. The lowest BCUT2D eigenvalue weighted by Crippen LogP contribution is -2.29. The highest BCUT2D eigenvalue weighted by molar-refractivity contribution is 9.10. The highest BCUT2D eigenvalue weighted by Gasteiger charge is 2.23. The smallest absolute Gasteiger partial charge is 0.169 e. The van der Waals surface area contributed by atoms with Crippen molar-refractivity contribution in [2.24, 2.45) is 5.84 Å². The maximum absolute atomic E-state index is 5.82. The van der Waals surface area contributed by atoms with Crippen LogP contribution in [0.2, 0.25) is 0 Å². The number of aryl methyl sites for hydroxylation is 1. The molecular weight excluding hydrogens is 308 g/mol. The summed E-state index contributed by atoms with van der Waals surface area (Å²) in [6, 6.07) is 9.70. The van der Waals surface area contributed by atoms with E-state index in [2.05, 4.69) is 27.4 Å². The van der Waals surface area contributed by atoms with E-state index in [-0.39, 0.29) is 6.04 Å². The Labute approximate surface area is 120 Å². The number of ether oxygens (including phenoxy) is 1. The fourth-order valence-corrected chi connectivity index (χ4v) is 2.77. The molecule has 0 bridgehead atoms. The molecule has 1 unspecified atom stereocenters. The first-order valence-corrected chi connectivity index (χ1v) is 7.05. The zero-order valence-electron chi connectivity index (χ0n) is 10.4. The lowest BCUT2D eigenvalue weighted by molar-refractivity contribution is 0.281. The van der Waals surface area contributed by atoms with Gasteiger partial charge in [0.25, 0.3) is 0 Å². The molecule has 0 aliphatic carbocycles. The van der Waals surface area contributed by atoms with Gasteiger partial charge in [-0.05, 0) is 46.5 Å². The van der Waals surface area contributed by atoms with Crippen LogP contribution in [-0.2, 0) is 6.42 Å². The summed E-state index contributed by atoms with van der Waals surface area (Å²) in [6.45, 7) is 0.753. The molecule has 5 heteroatoms. The molecule has 0 amide bonds. The van der Waals surface area contributed by atoms with Crippen LogP contribution in [0.1, 0.15) is 29.3 Å². The molecular formula is C14H15BrN2O2. The number of benzene rings is 1. The minimum absolute atomic E-state index is 0.209. The zero-order valence-corrected chi connectivity index (χ0v) is 11.9. The standard InChI is InChI=1S/C14H15BrN2O2/c15-12-7-6-11(19-12)13(17-16)10-5-1-3-9-4-2-8-18-14(9)10/h1,3,5-7,13,17H,2,4,8,16H2. The Morgan fingerprint density at radius 2 is 2.16 bits per heavy atom. The molecule has 3 N–H and O–H groups in total. The zero-order chi connectivity index (χ0) is 13.2. The number of furan rings is 1. The number of para-hydroxylation sites is 1. The number of nitrogens with one attached hydrogen (secondary N) is 1. The van der Waals surface area contributed by atoms with Gasteiger partial charge in [-0.15, -0.1) is 0 Å². The molecule has 2 aromatic rings. The fraction of sp³-hybridized carbons (Fsp3) is 0.286. The molecule has 1 aliphatic heterocycles. The van der Waals surface area contributed by atoms with Crippen molar-refractivity contribution in [3.05, 3.63) is 51.9 Å². The number of hydrogen-bond donors (Lipinski definition) is 2. The second-order valence-corrected chi connectivity index (χ2v) is 5.31. The monoisotopic (exact) mass is 322 g/mol. The van der Waals surface area contributed by atoms with Crippen LogP contribution in [0, 0.1) is 0 Å². The average molecular weight is 323 g/mol. The molecule has 3 rings (SSSR count). The number of halogens is 1. The van der Waals surface area contributed by atoms with Crippen molar-refractivity contribution in [2.45, 2.75) is 18.9 Å². The van der Waals surface area contributed by atoms with Gasteiger partial charge in [0.05, 0.1) is 6.61 Å². The normalized spacial score (nSPS) is 15.7. The van der Waals surface area contributed by atoms with Gasteiger partial charge in [-0.25, -0.2) is 5.43 Å². The Hall–Kier alpha value is -1.30. The van der Waals surface area contributed by atoms with Crippen molar-refractivity contribution >= 4 is 15.9 Å². The highest BCUT2D eigenvalue weighted by Crippen LogP contribution is 2.36. The van der Waals surface area contributed by atoms with E-state index < -0.39 is 0 Å². The van der Waals surface area contributed by atoms with E-state index >= 15 is 0 Å². The van der Waals surface area contributed by atoms with E-state index in [1.54, 1.807) is 0 Å². The van der Waals surface area contributed by atoms with Crippen molar-refractivity contribution in [3.8, 4) is 5.75 Å². The fourth-order valence-electron chi connectivity index (χ4n) is 2.45. The van der Waals surface area contributed by atoms with Crippen LogP contribution in [-0.4, -0.2) is 6.61 Å². The third kappa shape index (κ3) is 2.41. The maximum Gasteiger partial charge on any atom is 0.169 e. The predicted molar refractivity (Wildman–Crippen MR) is 75.8 cm³/mol. The number of nitrogens with two attached hydrogens (primary N) is 1. The van der Waals surface area contributed by atoms with Crippen molar-refractivity contribution in [3.63, 3.8) is 0 Å². The largest absolute Gasteiger partial charge is 0.493 e. The molecule has 2 heterocycles. The van der Waals surface area contributed by atoms with Crippen LogP contribution in [0.5, 0.6) is 5.75 Å². The lowest BCUT2D eigenvalue weighted by Gasteiger charge is -2.23. The Morgan fingerprint density at radius 3 is 2.89 bits per heavy atom. The Balaban J connectivity index is 2.04. The summed E-state index contributed by atoms with van der Waals surface area (Å²) in [5.74, 6) is 7.39. The number of rotatable bonds is 3. The summed E-state index contributed by atoms with van der Waals surface area (Å²) in [4.78, 5) is 0. The summed E-state index contributed by atoms with van der Waals surface area (Å²) in [5, 5.41) is 0. The molecule has 1 aliphatic rings. The molecule has 0 saturated heterocycles. The van der Waals surface area contributed by atoms with Crippen molar-refractivity contribution in [1.82, 2.24) is 5.43 Å². The highest BCUT2D eigenvalue weighted by atomic mass is 79.9. The predicted octanol–water partition coefficient (Wildman–Crippen LogP) is 2.92. The Bertz CT molecular complexity index is 583. The summed E-state index contributed by atoms with van der Waals surface area (Å²) in [6.07, 6.45) is 2.10. The van der Waals surface area contributed by atoms with Crippen LogP contribution in [0.15, 0.2) is 39.4 Å². The van der Waals surface area contributed by atoms with Gasteiger partial charge in [0.2, 0.25) is 0 Å². The molecule has 1 atom stereocenters. The number of hydrazine groups is 1. The van der Waals surface area contributed by atoms with Gasteiger partial charge in [0.1, 0.15) is 17.6 Å². The van der Waals surface area contributed by atoms with Gasteiger partial charge < -0.3 is 9.15 Å². The molecule has 100 valence electrons. The summed E-state index contributed by atoms with van der Waals surface area (Å²) in [5.41, 5.74) is 5.05. The molecule has 0 radical (unpaired) electrons. The van der Waals surface area contributed by atoms with E-state index in [4.69, 9.17) is 15.0 Å². The Morgan fingerprint density at radius 1 is 1.26 bits per heavy atom. The molecule has 0 saturated carbocycles. The molecule has 0 spiro atoms. The Kier molecular flexibility index (Phi) is 3.59. The lowest BCUT2D eigenvalue weighted by atomic mass is 9.97. The quantitative estimate of drug-likeness (QED) is 0.673. The third-order valence-corrected chi connectivity index (χ3v) is 3.75. The average Bonchev–Trinajstić information content (AvgIpc) is 2.86. The molecule has 19 heavy (non-hydrogen) atoms. The molecule has 4 nitrogen and oxygen atoms in total. The van der Waals surface area contributed by atoms with Crippen molar-refractivity contribution in [2.75, 3.05) is 6.61 Å². The van der Waals surface area contributed by atoms with Gasteiger partial charge in [-0.2, -0.15) is 0 Å². The first-order valence-electron chi connectivity index (χ1n) is 6.25. The van der Waals surface area contributed by atoms with Crippen molar-refractivity contribution < 1.29 is 9.15 Å². The molecule has 0 fully saturated rings.